The average Bonchev–Trinajstić information content (AvgIpc) is 3.63. The molecule has 3 fully saturated rings. The SMILES string of the molecule is C[C@H](NC(=O)[C@@H]1[C@@H]2[C@H](CN1C(=O)[C@@H](NC(=O)c1cc3ccccc3[nH]1)C1CC1)C2(C)C)C(=O)c1nc2ccccc2s1. The van der Waals surface area contributed by atoms with Gasteiger partial charge in [-0.25, -0.2) is 4.98 Å². The van der Waals surface area contributed by atoms with Crippen molar-refractivity contribution in [1.29, 1.82) is 0 Å². The number of hydrogen-bond donors (Lipinski definition) is 3. The Bertz CT molecular complexity index is 1690. The molecular weight excluding hydrogens is 550 g/mol. The average molecular weight is 584 g/mol. The molecule has 5 atom stereocenters. The maximum atomic E-state index is 14.0. The molecule has 0 bridgehead atoms. The van der Waals surface area contributed by atoms with Crippen LogP contribution >= 0.6 is 11.3 Å². The summed E-state index contributed by atoms with van der Waals surface area (Å²) in [5.74, 6) is -0.924. The number of ketones is 1. The van der Waals surface area contributed by atoms with E-state index in [1.54, 1.807) is 17.9 Å². The fourth-order valence-corrected chi connectivity index (χ4v) is 7.74. The highest BCUT2D eigenvalue weighted by Crippen LogP contribution is 2.65. The van der Waals surface area contributed by atoms with Crippen molar-refractivity contribution in [3.05, 3.63) is 65.3 Å². The number of amides is 3. The zero-order chi connectivity index (χ0) is 29.3. The molecule has 3 amide bonds. The van der Waals surface area contributed by atoms with Crippen molar-refractivity contribution >= 4 is 56.0 Å². The molecule has 7 rings (SSSR count). The van der Waals surface area contributed by atoms with Gasteiger partial charge < -0.3 is 20.5 Å². The second kappa shape index (κ2) is 9.76. The highest BCUT2D eigenvalue weighted by molar-refractivity contribution is 7.20. The summed E-state index contributed by atoms with van der Waals surface area (Å²) < 4.78 is 0.912. The Balaban J connectivity index is 1.09. The molecule has 0 radical (unpaired) electrons. The number of rotatable bonds is 8. The summed E-state index contributed by atoms with van der Waals surface area (Å²) in [7, 11) is 0. The highest BCUT2D eigenvalue weighted by atomic mass is 32.1. The third kappa shape index (κ3) is 4.48. The van der Waals surface area contributed by atoms with Crippen molar-refractivity contribution in [3.63, 3.8) is 0 Å². The Kier molecular flexibility index (Phi) is 6.23. The van der Waals surface area contributed by atoms with Crippen molar-refractivity contribution in [2.75, 3.05) is 6.54 Å². The van der Waals surface area contributed by atoms with Gasteiger partial charge in [-0.3, -0.25) is 19.2 Å². The summed E-state index contributed by atoms with van der Waals surface area (Å²) in [5.41, 5.74) is 1.92. The maximum Gasteiger partial charge on any atom is 0.268 e. The number of nitrogens with zero attached hydrogens (tertiary/aromatic N) is 2. The van der Waals surface area contributed by atoms with Crippen LogP contribution in [0.15, 0.2) is 54.6 Å². The summed E-state index contributed by atoms with van der Waals surface area (Å²) in [6.45, 7) is 6.36. The van der Waals surface area contributed by atoms with Gasteiger partial charge in [-0.05, 0) is 67.2 Å². The number of fused-ring (bicyclic) bond motifs is 3. The largest absolute Gasteiger partial charge is 0.351 e. The van der Waals surface area contributed by atoms with Crippen LogP contribution in [-0.4, -0.2) is 63.0 Å². The number of carbonyl (C=O) groups is 4. The molecule has 2 aliphatic carbocycles. The minimum absolute atomic E-state index is 0.00420. The van der Waals surface area contributed by atoms with Crippen LogP contribution in [0.3, 0.4) is 0 Å². The van der Waals surface area contributed by atoms with Crippen molar-refractivity contribution in [3.8, 4) is 0 Å². The number of para-hydroxylation sites is 2. The number of aromatic nitrogens is 2. The molecule has 3 aliphatic rings. The van der Waals surface area contributed by atoms with Gasteiger partial charge in [-0.2, -0.15) is 0 Å². The Morgan fingerprint density at radius 1 is 1.05 bits per heavy atom. The van der Waals surface area contributed by atoms with Crippen LogP contribution in [0.25, 0.3) is 21.1 Å². The number of thiazole rings is 1. The normalized spacial score (nSPS) is 23.8. The molecule has 1 saturated heterocycles. The predicted molar refractivity (Wildman–Crippen MR) is 160 cm³/mol. The zero-order valence-electron chi connectivity index (χ0n) is 23.7. The number of likely N-dealkylation sites (tertiary alicyclic amines) is 1. The van der Waals surface area contributed by atoms with Crippen LogP contribution in [0.5, 0.6) is 0 Å². The number of benzene rings is 2. The number of Topliss-reactive ketones (excluding diaryl/α,β-unsaturated/α-hetero) is 1. The second-order valence-electron chi connectivity index (χ2n) is 12.5. The van der Waals surface area contributed by atoms with Gasteiger partial charge in [0.25, 0.3) is 5.91 Å². The zero-order valence-corrected chi connectivity index (χ0v) is 24.5. The lowest BCUT2D eigenvalue weighted by Crippen LogP contribution is -2.57. The minimum Gasteiger partial charge on any atom is -0.351 e. The molecule has 2 saturated carbocycles. The summed E-state index contributed by atoms with van der Waals surface area (Å²) >= 11 is 1.31. The summed E-state index contributed by atoms with van der Waals surface area (Å²) in [5, 5.41) is 7.15. The van der Waals surface area contributed by atoms with E-state index in [1.807, 2.05) is 48.5 Å². The number of piperidine rings is 1. The lowest BCUT2D eigenvalue weighted by atomic mass is 9.98. The fraction of sp³-hybridized carbons (Fsp3) is 0.406. The van der Waals surface area contributed by atoms with Crippen LogP contribution in [0.2, 0.25) is 0 Å². The molecule has 216 valence electrons. The van der Waals surface area contributed by atoms with Gasteiger partial charge in [0, 0.05) is 17.4 Å². The predicted octanol–water partition coefficient (Wildman–Crippen LogP) is 4.16. The molecule has 9 nitrogen and oxygen atoms in total. The van der Waals surface area contributed by atoms with Crippen molar-refractivity contribution in [2.24, 2.45) is 23.2 Å². The van der Waals surface area contributed by atoms with E-state index in [-0.39, 0.29) is 46.7 Å². The van der Waals surface area contributed by atoms with Crippen molar-refractivity contribution in [2.45, 2.75) is 51.7 Å². The second-order valence-corrected chi connectivity index (χ2v) is 13.6. The lowest BCUT2D eigenvalue weighted by Gasteiger charge is -2.33. The standard InChI is InChI=1S/C32H33N5O4S/c1-16(27(38)30-35-21-10-6-7-11-23(21)42-30)33-29(40)26-24-19(32(24,2)3)15-37(26)31(41)25(17-12-13-17)36-28(39)22-14-18-8-4-5-9-20(18)34-22/h4-11,14,16-17,19,24-26,34H,12-13,15H2,1-3H3,(H,33,40)(H,36,39)/t16-,19-,24-,25-,26-/m0/s1. The topological polar surface area (TPSA) is 124 Å². The van der Waals surface area contributed by atoms with E-state index in [0.29, 0.717) is 17.2 Å². The molecular formula is C32H33N5O4S. The number of carbonyl (C=O) groups excluding carboxylic acids is 4. The first-order valence-corrected chi connectivity index (χ1v) is 15.3. The third-order valence-electron chi connectivity index (χ3n) is 9.44. The van der Waals surface area contributed by atoms with E-state index in [0.717, 1.165) is 34.0 Å². The van der Waals surface area contributed by atoms with Crippen molar-refractivity contribution in [1.82, 2.24) is 25.5 Å². The van der Waals surface area contributed by atoms with Gasteiger partial charge in [0.2, 0.25) is 17.6 Å². The molecule has 0 spiro atoms. The first kappa shape index (κ1) is 26.8. The van der Waals surface area contributed by atoms with Crippen LogP contribution < -0.4 is 10.6 Å². The van der Waals surface area contributed by atoms with Crippen molar-refractivity contribution < 1.29 is 19.2 Å². The molecule has 10 heteroatoms. The Morgan fingerprint density at radius 3 is 2.52 bits per heavy atom. The first-order chi connectivity index (χ1) is 20.1. The van der Waals surface area contributed by atoms with Gasteiger partial charge in [-0.15, -0.1) is 11.3 Å². The number of H-pyrrole nitrogens is 1. The van der Waals surface area contributed by atoms with E-state index >= 15 is 0 Å². The molecule has 4 aromatic rings. The van der Waals surface area contributed by atoms with Gasteiger partial charge in [0.15, 0.2) is 5.01 Å². The Labute approximate surface area is 247 Å². The van der Waals surface area contributed by atoms with Crippen LogP contribution in [0, 0.1) is 23.2 Å². The fourth-order valence-electron chi connectivity index (χ4n) is 6.74. The molecule has 2 aromatic heterocycles. The number of aromatic amines is 1. The third-order valence-corrected chi connectivity index (χ3v) is 10.5. The lowest BCUT2D eigenvalue weighted by molar-refractivity contribution is -0.142. The first-order valence-electron chi connectivity index (χ1n) is 14.5. The molecule has 2 aromatic carbocycles. The van der Waals surface area contributed by atoms with Gasteiger partial charge >= 0.3 is 0 Å². The minimum atomic E-state index is -0.795. The van der Waals surface area contributed by atoms with E-state index < -0.39 is 18.1 Å². The highest BCUT2D eigenvalue weighted by Gasteiger charge is 2.69. The van der Waals surface area contributed by atoms with Gasteiger partial charge in [0.1, 0.15) is 17.8 Å². The summed E-state index contributed by atoms with van der Waals surface area (Å²) in [6, 6.07) is 14.8. The monoisotopic (exact) mass is 583 g/mol. The van der Waals surface area contributed by atoms with Crippen LogP contribution in [-0.2, 0) is 9.59 Å². The molecule has 1 aliphatic heterocycles. The Morgan fingerprint density at radius 2 is 1.79 bits per heavy atom. The van der Waals surface area contributed by atoms with E-state index in [2.05, 4.69) is 34.4 Å². The van der Waals surface area contributed by atoms with E-state index in [4.69, 9.17) is 0 Å². The maximum absolute atomic E-state index is 14.0. The number of nitrogens with one attached hydrogen (secondary N) is 3. The van der Waals surface area contributed by atoms with E-state index in [9.17, 15) is 19.2 Å². The molecule has 0 unspecified atom stereocenters. The molecule has 3 heterocycles. The summed E-state index contributed by atoms with van der Waals surface area (Å²) in [6.07, 6.45) is 1.69. The van der Waals surface area contributed by atoms with E-state index in [1.165, 1.54) is 11.3 Å². The van der Waals surface area contributed by atoms with Crippen LogP contribution in [0.1, 0.15) is 53.9 Å². The molecule has 42 heavy (non-hydrogen) atoms. The molecule has 3 N–H and O–H groups in total. The smallest absolute Gasteiger partial charge is 0.268 e. The Hall–Kier alpha value is -4.05. The van der Waals surface area contributed by atoms with Crippen LogP contribution in [0.4, 0.5) is 0 Å². The quantitative estimate of drug-likeness (QED) is 0.269. The number of hydrogen-bond acceptors (Lipinski definition) is 6. The van der Waals surface area contributed by atoms with Gasteiger partial charge in [0.05, 0.1) is 16.3 Å². The van der Waals surface area contributed by atoms with Gasteiger partial charge in [-0.1, -0.05) is 44.2 Å². The summed E-state index contributed by atoms with van der Waals surface area (Å²) in [4.78, 5) is 63.6.